The average molecular weight is 513 g/mol. The molecule has 2 amide bonds. The van der Waals surface area contributed by atoms with E-state index in [0.29, 0.717) is 29.5 Å². The summed E-state index contributed by atoms with van der Waals surface area (Å²) < 4.78 is 0. The molecule has 2 N–H and O–H groups in total. The van der Waals surface area contributed by atoms with Crippen LogP contribution in [0.3, 0.4) is 0 Å². The summed E-state index contributed by atoms with van der Waals surface area (Å²) in [6.45, 7) is 5.00. The second-order valence-corrected chi connectivity index (χ2v) is 9.77. The molecule has 0 saturated carbocycles. The summed E-state index contributed by atoms with van der Waals surface area (Å²) >= 11 is 5.72. The summed E-state index contributed by atoms with van der Waals surface area (Å²) in [5.74, 6) is 0.979. The van der Waals surface area contributed by atoms with Gasteiger partial charge in [-0.05, 0) is 35.7 Å². The maximum Gasteiger partial charge on any atom is 0.330 e. The highest BCUT2D eigenvalue weighted by Gasteiger charge is 2.38. The second kappa shape index (κ2) is 11.3. The van der Waals surface area contributed by atoms with Gasteiger partial charge in [0.25, 0.3) is 0 Å². The Hall–Kier alpha value is -4.04. The van der Waals surface area contributed by atoms with E-state index in [1.807, 2.05) is 74.3 Å². The van der Waals surface area contributed by atoms with Gasteiger partial charge in [0.05, 0.1) is 11.3 Å². The van der Waals surface area contributed by atoms with Crippen LogP contribution in [0.2, 0.25) is 0 Å². The second-order valence-electron chi connectivity index (χ2n) is 9.38. The molecule has 2 heterocycles. The molecule has 0 radical (unpaired) electrons. The zero-order chi connectivity index (χ0) is 26.5. The van der Waals surface area contributed by atoms with Crippen LogP contribution in [0.5, 0.6) is 0 Å². The highest BCUT2D eigenvalue weighted by Crippen LogP contribution is 2.26. The number of nitrogens with one attached hydrogen (secondary N) is 2. The highest BCUT2D eigenvalue weighted by molar-refractivity contribution is 7.80. The molecule has 1 aliphatic rings. The van der Waals surface area contributed by atoms with E-state index in [2.05, 4.69) is 34.6 Å². The number of hydrogen-bond donors (Lipinski definition) is 2. The van der Waals surface area contributed by atoms with E-state index in [9.17, 15) is 4.79 Å². The van der Waals surface area contributed by atoms with Crippen LogP contribution in [0.15, 0.2) is 90.4 Å². The van der Waals surface area contributed by atoms with Crippen LogP contribution in [-0.4, -0.2) is 52.3 Å². The lowest BCUT2D eigenvalue weighted by molar-refractivity contribution is 0.198. The molecule has 2 aromatic carbocycles. The molecule has 1 fully saturated rings. The van der Waals surface area contributed by atoms with Gasteiger partial charge in [-0.25, -0.2) is 4.79 Å². The number of likely N-dealkylation sites (N-methyl/N-ethyl adjacent to an activating group) is 1. The molecular weight excluding hydrogens is 480 g/mol. The summed E-state index contributed by atoms with van der Waals surface area (Å²) in [5, 5.41) is 12.5. The third-order valence-corrected chi connectivity index (χ3v) is 6.66. The third kappa shape index (κ3) is 5.70. The summed E-state index contributed by atoms with van der Waals surface area (Å²) in [7, 11) is 3.61. The molecule has 37 heavy (non-hydrogen) atoms. The quantitative estimate of drug-likeness (QED) is 0.307. The number of carbonyl (C=O) groups excluding carboxylic acids is 1. The summed E-state index contributed by atoms with van der Waals surface area (Å²) in [5.41, 5.74) is 4.50. The van der Waals surface area contributed by atoms with E-state index >= 15 is 0 Å². The maximum atomic E-state index is 13.0. The number of amidine groups is 1. The number of nitrogens with zero attached hydrogens (tertiary/aromatic N) is 4. The zero-order valence-corrected chi connectivity index (χ0v) is 22.4. The Labute approximate surface area is 223 Å². The van der Waals surface area contributed by atoms with Gasteiger partial charge >= 0.3 is 6.03 Å². The number of urea groups is 1. The van der Waals surface area contributed by atoms with Crippen molar-refractivity contribution in [2.24, 2.45) is 5.92 Å². The van der Waals surface area contributed by atoms with Crippen molar-refractivity contribution in [1.82, 2.24) is 20.1 Å². The molecule has 3 aromatic rings. The molecular formula is C29H32N6OS. The first-order chi connectivity index (χ1) is 17.8. The van der Waals surface area contributed by atoms with Crippen molar-refractivity contribution in [3.63, 3.8) is 0 Å². The predicted molar refractivity (Wildman–Crippen MR) is 153 cm³/mol. The monoisotopic (exact) mass is 512 g/mol. The SMILES string of the molecule is CC(C)CN1C(=N)/C(=C(\NCc2ccc(-c3ccccn3)cc2)N(C)c2ccccc2)C(=S)N(C)C1=O. The molecule has 0 spiro atoms. The number of rotatable bonds is 8. The third-order valence-electron chi connectivity index (χ3n) is 6.18. The van der Waals surface area contributed by atoms with Gasteiger partial charge in [0.2, 0.25) is 0 Å². The number of pyridine rings is 1. The number of aromatic nitrogens is 1. The lowest BCUT2D eigenvalue weighted by Gasteiger charge is -2.38. The van der Waals surface area contributed by atoms with Gasteiger partial charge in [-0.15, -0.1) is 0 Å². The molecule has 7 nitrogen and oxygen atoms in total. The molecule has 0 atom stereocenters. The van der Waals surface area contributed by atoms with Crippen LogP contribution >= 0.6 is 12.2 Å². The molecule has 4 rings (SSSR count). The van der Waals surface area contributed by atoms with Crippen molar-refractivity contribution >= 4 is 34.8 Å². The van der Waals surface area contributed by atoms with E-state index in [4.69, 9.17) is 17.6 Å². The van der Waals surface area contributed by atoms with Gasteiger partial charge in [0, 0.05) is 44.6 Å². The van der Waals surface area contributed by atoms with Gasteiger partial charge < -0.3 is 10.2 Å². The minimum Gasteiger partial charge on any atom is -0.367 e. The fourth-order valence-corrected chi connectivity index (χ4v) is 4.45. The molecule has 0 aliphatic carbocycles. The molecule has 190 valence electrons. The minimum atomic E-state index is -0.278. The Bertz CT molecular complexity index is 1310. The van der Waals surface area contributed by atoms with Crippen molar-refractivity contribution in [3.8, 4) is 11.3 Å². The first kappa shape index (κ1) is 26.0. The number of hydrogen-bond acceptors (Lipinski definition) is 6. The Morgan fingerprint density at radius 2 is 1.73 bits per heavy atom. The standard InChI is InChI=1S/C29H32N6OS/c1-20(2)19-35-26(30)25(28(37)34(4)29(35)36)27(33(3)23-10-6-5-7-11-23)32-18-21-13-15-22(16-14-21)24-12-8-9-17-31-24/h5-17,20,30,32H,18-19H2,1-4H3/b27-25-,30-26?. The van der Waals surface area contributed by atoms with E-state index in [0.717, 1.165) is 22.5 Å². The molecule has 1 aliphatic heterocycles. The first-order valence-electron chi connectivity index (χ1n) is 12.2. The lowest BCUT2D eigenvalue weighted by atomic mass is 10.1. The van der Waals surface area contributed by atoms with Crippen LogP contribution in [0.25, 0.3) is 11.3 Å². The number of para-hydroxylation sites is 1. The molecule has 0 bridgehead atoms. The topological polar surface area (TPSA) is 75.6 Å². The fourth-order valence-electron chi connectivity index (χ4n) is 4.18. The number of thiocarbonyl (C=S) groups is 1. The highest BCUT2D eigenvalue weighted by atomic mass is 32.1. The van der Waals surface area contributed by atoms with E-state index in [1.165, 1.54) is 9.80 Å². The largest absolute Gasteiger partial charge is 0.367 e. The minimum absolute atomic E-state index is 0.109. The van der Waals surface area contributed by atoms with Crippen molar-refractivity contribution in [1.29, 1.82) is 5.41 Å². The number of anilines is 1. The van der Waals surface area contributed by atoms with Gasteiger partial charge in [-0.2, -0.15) is 0 Å². The Morgan fingerprint density at radius 3 is 2.35 bits per heavy atom. The average Bonchev–Trinajstić information content (AvgIpc) is 2.92. The van der Waals surface area contributed by atoms with Crippen LogP contribution in [0.4, 0.5) is 10.5 Å². The number of carbonyl (C=O) groups is 1. The Morgan fingerprint density at radius 1 is 1.05 bits per heavy atom. The van der Waals surface area contributed by atoms with Crippen LogP contribution < -0.4 is 10.2 Å². The molecule has 1 aromatic heterocycles. The summed E-state index contributed by atoms with van der Waals surface area (Å²) in [6, 6.07) is 23.7. The predicted octanol–water partition coefficient (Wildman–Crippen LogP) is 5.51. The van der Waals surface area contributed by atoms with E-state index < -0.39 is 0 Å². The number of amides is 2. The van der Waals surface area contributed by atoms with E-state index in [1.54, 1.807) is 13.2 Å². The van der Waals surface area contributed by atoms with Gasteiger partial charge in [-0.1, -0.05) is 74.6 Å². The van der Waals surface area contributed by atoms with Crippen LogP contribution in [-0.2, 0) is 6.54 Å². The van der Waals surface area contributed by atoms with Crippen molar-refractivity contribution < 1.29 is 4.79 Å². The molecule has 0 unspecified atom stereocenters. The van der Waals surface area contributed by atoms with Gasteiger partial charge in [-0.3, -0.25) is 20.2 Å². The number of benzene rings is 2. The van der Waals surface area contributed by atoms with Crippen LogP contribution in [0, 0.1) is 11.3 Å². The van der Waals surface area contributed by atoms with Crippen molar-refractivity contribution in [3.05, 3.63) is 96.0 Å². The Kier molecular flexibility index (Phi) is 7.98. The molecule has 8 heteroatoms. The van der Waals surface area contributed by atoms with Crippen LogP contribution in [0.1, 0.15) is 19.4 Å². The smallest absolute Gasteiger partial charge is 0.330 e. The Balaban J connectivity index is 1.69. The summed E-state index contributed by atoms with van der Waals surface area (Å²) in [6.07, 6.45) is 1.79. The summed E-state index contributed by atoms with van der Waals surface area (Å²) in [4.78, 5) is 22.7. The van der Waals surface area contributed by atoms with Gasteiger partial charge in [0.1, 0.15) is 16.6 Å². The first-order valence-corrected chi connectivity index (χ1v) is 12.6. The fraction of sp³-hybridized carbons (Fsp3) is 0.241. The van der Waals surface area contributed by atoms with Crippen molar-refractivity contribution in [2.75, 3.05) is 25.5 Å². The zero-order valence-electron chi connectivity index (χ0n) is 21.6. The van der Waals surface area contributed by atoms with Gasteiger partial charge in [0.15, 0.2) is 0 Å². The van der Waals surface area contributed by atoms with E-state index in [-0.39, 0.29) is 17.8 Å². The van der Waals surface area contributed by atoms with Crippen molar-refractivity contribution in [2.45, 2.75) is 20.4 Å². The normalized spacial score (nSPS) is 15.3. The molecule has 1 saturated heterocycles. The lowest BCUT2D eigenvalue weighted by Crippen LogP contribution is -2.56. The maximum absolute atomic E-state index is 13.0.